The molecular formula is C20H22N2O4S. The first kappa shape index (κ1) is 19.1. The molecule has 0 aliphatic heterocycles. The van der Waals surface area contributed by atoms with Crippen LogP contribution >= 0.6 is 11.3 Å². The van der Waals surface area contributed by atoms with E-state index in [9.17, 15) is 14.4 Å². The molecule has 1 saturated carbocycles. The van der Waals surface area contributed by atoms with Gasteiger partial charge >= 0.3 is 5.97 Å². The summed E-state index contributed by atoms with van der Waals surface area (Å²) in [6.07, 6.45) is 1.77. The zero-order valence-electron chi connectivity index (χ0n) is 15.3. The molecule has 2 aromatic rings. The minimum atomic E-state index is -0.599. The lowest BCUT2D eigenvalue weighted by molar-refractivity contribution is -0.124. The molecule has 1 fully saturated rings. The van der Waals surface area contributed by atoms with Crippen molar-refractivity contribution < 1.29 is 19.1 Å². The van der Waals surface area contributed by atoms with Crippen molar-refractivity contribution in [2.75, 3.05) is 11.9 Å². The maximum absolute atomic E-state index is 12.5. The van der Waals surface area contributed by atoms with Gasteiger partial charge in [-0.2, -0.15) is 0 Å². The molecule has 27 heavy (non-hydrogen) atoms. The number of rotatable bonds is 7. The molecule has 0 spiro atoms. The van der Waals surface area contributed by atoms with Crippen LogP contribution in [0.5, 0.6) is 0 Å². The van der Waals surface area contributed by atoms with E-state index in [0.717, 1.165) is 28.8 Å². The van der Waals surface area contributed by atoms with Gasteiger partial charge in [0.25, 0.3) is 5.91 Å². The Morgan fingerprint density at radius 2 is 1.85 bits per heavy atom. The average Bonchev–Trinajstić information content (AvgIpc) is 3.47. The molecule has 2 amide bonds. The zero-order chi connectivity index (χ0) is 19.4. The predicted molar refractivity (Wildman–Crippen MR) is 104 cm³/mol. The van der Waals surface area contributed by atoms with Gasteiger partial charge in [0, 0.05) is 17.3 Å². The Bertz CT molecular complexity index is 856. The van der Waals surface area contributed by atoms with Crippen molar-refractivity contribution in [1.29, 1.82) is 0 Å². The van der Waals surface area contributed by atoms with Crippen LogP contribution in [0.25, 0.3) is 0 Å². The summed E-state index contributed by atoms with van der Waals surface area (Å²) in [5, 5.41) is 6.04. The maximum Gasteiger partial charge on any atom is 0.341 e. The molecule has 0 atom stereocenters. The quantitative estimate of drug-likeness (QED) is 0.716. The number of anilines is 1. The van der Waals surface area contributed by atoms with Crippen LogP contribution in [0.4, 0.5) is 5.00 Å². The first-order valence-electron chi connectivity index (χ1n) is 8.84. The van der Waals surface area contributed by atoms with E-state index in [2.05, 4.69) is 10.6 Å². The van der Waals surface area contributed by atoms with Gasteiger partial charge in [0.05, 0.1) is 5.56 Å². The normalized spacial score (nSPS) is 13.1. The molecule has 0 unspecified atom stereocenters. The molecule has 1 aliphatic rings. The summed E-state index contributed by atoms with van der Waals surface area (Å²) in [6.45, 7) is 3.70. The highest BCUT2D eigenvalue weighted by atomic mass is 32.1. The summed E-state index contributed by atoms with van der Waals surface area (Å²) in [6, 6.07) is 9.48. The largest absolute Gasteiger partial charge is 0.452 e. The first-order chi connectivity index (χ1) is 13.0. The number of esters is 1. The molecular weight excluding hydrogens is 364 g/mol. The molecule has 0 radical (unpaired) electrons. The number of carbonyl (C=O) groups is 3. The van der Waals surface area contributed by atoms with Crippen LogP contribution in [-0.2, 0) is 20.9 Å². The second-order valence-corrected chi connectivity index (χ2v) is 7.81. The number of thiophene rings is 1. The second-order valence-electron chi connectivity index (χ2n) is 6.59. The van der Waals surface area contributed by atoms with Gasteiger partial charge in [-0.15, -0.1) is 11.3 Å². The summed E-state index contributed by atoms with van der Waals surface area (Å²) in [5.41, 5.74) is 2.06. The summed E-state index contributed by atoms with van der Waals surface area (Å²) >= 11 is 1.35. The molecule has 7 heteroatoms. The lowest BCUT2D eigenvalue weighted by Gasteiger charge is -2.09. The standard InChI is InChI=1S/C20H22N2O4S/c1-12-13(2)27-19(22-18(24)15-8-9-15)17(12)20(25)26-11-16(23)21-10-14-6-4-3-5-7-14/h3-7,15H,8-11H2,1-2H3,(H,21,23)(H,22,24). The summed E-state index contributed by atoms with van der Waals surface area (Å²) < 4.78 is 5.18. The van der Waals surface area contributed by atoms with Crippen LogP contribution in [0.3, 0.4) is 0 Å². The Morgan fingerprint density at radius 1 is 1.15 bits per heavy atom. The number of hydrogen-bond acceptors (Lipinski definition) is 5. The third-order valence-corrected chi connectivity index (χ3v) is 5.56. The fraction of sp³-hybridized carbons (Fsp3) is 0.350. The van der Waals surface area contributed by atoms with E-state index in [4.69, 9.17) is 4.74 Å². The van der Waals surface area contributed by atoms with E-state index >= 15 is 0 Å². The van der Waals surface area contributed by atoms with E-state index in [1.54, 1.807) is 0 Å². The van der Waals surface area contributed by atoms with Crippen LogP contribution in [-0.4, -0.2) is 24.4 Å². The summed E-state index contributed by atoms with van der Waals surface area (Å²) in [4.78, 5) is 37.4. The summed E-state index contributed by atoms with van der Waals surface area (Å²) in [5.74, 6) is -0.996. The fourth-order valence-electron chi connectivity index (χ4n) is 2.57. The fourth-order valence-corrected chi connectivity index (χ4v) is 3.62. The molecule has 0 saturated heterocycles. The van der Waals surface area contributed by atoms with Gasteiger partial charge in [-0.1, -0.05) is 30.3 Å². The summed E-state index contributed by atoms with van der Waals surface area (Å²) in [7, 11) is 0. The van der Waals surface area contributed by atoms with Crippen LogP contribution < -0.4 is 10.6 Å². The van der Waals surface area contributed by atoms with Gasteiger partial charge in [0.1, 0.15) is 5.00 Å². The molecule has 3 rings (SSSR count). The second kappa shape index (κ2) is 8.35. The van der Waals surface area contributed by atoms with Crippen molar-refractivity contribution in [3.05, 3.63) is 51.9 Å². The molecule has 2 N–H and O–H groups in total. The maximum atomic E-state index is 12.5. The van der Waals surface area contributed by atoms with E-state index in [1.807, 2.05) is 44.2 Å². The Kier molecular flexibility index (Phi) is 5.91. The van der Waals surface area contributed by atoms with Crippen molar-refractivity contribution in [3.8, 4) is 0 Å². The van der Waals surface area contributed by atoms with Crippen molar-refractivity contribution in [2.45, 2.75) is 33.2 Å². The molecule has 0 bridgehead atoms. The topological polar surface area (TPSA) is 84.5 Å². The smallest absolute Gasteiger partial charge is 0.341 e. The number of aryl methyl sites for hydroxylation is 1. The number of nitrogens with one attached hydrogen (secondary N) is 2. The molecule has 1 heterocycles. The van der Waals surface area contributed by atoms with Crippen LogP contribution in [0, 0.1) is 19.8 Å². The third kappa shape index (κ3) is 4.95. The highest BCUT2D eigenvalue weighted by Gasteiger charge is 2.31. The van der Waals surface area contributed by atoms with Crippen LogP contribution in [0.15, 0.2) is 30.3 Å². The monoisotopic (exact) mass is 386 g/mol. The molecule has 1 aliphatic carbocycles. The molecule has 1 aromatic heterocycles. The number of benzene rings is 1. The van der Waals surface area contributed by atoms with E-state index in [1.165, 1.54) is 11.3 Å². The van der Waals surface area contributed by atoms with Crippen molar-refractivity contribution in [1.82, 2.24) is 5.32 Å². The Balaban J connectivity index is 1.57. The predicted octanol–water partition coefficient (Wildman–Crippen LogP) is 3.19. The lowest BCUT2D eigenvalue weighted by atomic mass is 10.1. The zero-order valence-corrected chi connectivity index (χ0v) is 16.2. The van der Waals surface area contributed by atoms with Crippen LogP contribution in [0.2, 0.25) is 0 Å². The Morgan fingerprint density at radius 3 is 2.52 bits per heavy atom. The number of hydrogen-bond donors (Lipinski definition) is 2. The van der Waals surface area contributed by atoms with Gasteiger partial charge < -0.3 is 15.4 Å². The lowest BCUT2D eigenvalue weighted by Crippen LogP contribution is -2.28. The number of carbonyl (C=O) groups excluding carboxylic acids is 3. The Labute approximate surface area is 161 Å². The Hall–Kier alpha value is -2.67. The van der Waals surface area contributed by atoms with Gasteiger partial charge in [0.2, 0.25) is 5.91 Å². The first-order valence-corrected chi connectivity index (χ1v) is 9.66. The van der Waals surface area contributed by atoms with Gasteiger partial charge in [-0.05, 0) is 37.8 Å². The number of amides is 2. The van der Waals surface area contributed by atoms with Gasteiger partial charge in [-0.3, -0.25) is 9.59 Å². The SMILES string of the molecule is Cc1sc(NC(=O)C2CC2)c(C(=O)OCC(=O)NCc2ccccc2)c1C. The van der Waals surface area contributed by atoms with Gasteiger partial charge in [-0.25, -0.2) is 4.79 Å². The third-order valence-electron chi connectivity index (χ3n) is 4.44. The minimum Gasteiger partial charge on any atom is -0.452 e. The van der Waals surface area contributed by atoms with Crippen molar-refractivity contribution in [3.63, 3.8) is 0 Å². The highest BCUT2D eigenvalue weighted by Crippen LogP contribution is 2.36. The van der Waals surface area contributed by atoms with E-state index < -0.39 is 5.97 Å². The number of ether oxygens (including phenoxy) is 1. The highest BCUT2D eigenvalue weighted by molar-refractivity contribution is 7.16. The molecule has 1 aromatic carbocycles. The minimum absolute atomic E-state index is 0.0420. The van der Waals surface area contributed by atoms with E-state index in [-0.39, 0.29) is 24.3 Å². The van der Waals surface area contributed by atoms with E-state index in [0.29, 0.717) is 17.1 Å². The van der Waals surface area contributed by atoms with Gasteiger partial charge in [0.15, 0.2) is 6.61 Å². The average molecular weight is 386 g/mol. The molecule has 6 nitrogen and oxygen atoms in total. The van der Waals surface area contributed by atoms with Crippen LogP contribution in [0.1, 0.15) is 39.2 Å². The van der Waals surface area contributed by atoms with Crippen molar-refractivity contribution >= 4 is 34.1 Å². The molecule has 142 valence electrons. The van der Waals surface area contributed by atoms with Crippen molar-refractivity contribution in [2.24, 2.45) is 5.92 Å².